The summed E-state index contributed by atoms with van der Waals surface area (Å²) in [5.41, 5.74) is 11.8. The van der Waals surface area contributed by atoms with Gasteiger partial charge >= 0.3 is 5.97 Å². The lowest BCUT2D eigenvalue weighted by molar-refractivity contribution is -0.139. The third-order valence-corrected chi connectivity index (χ3v) is 12.8. The van der Waals surface area contributed by atoms with Gasteiger partial charge in [0.05, 0.1) is 59.5 Å². The molecule has 10 nitrogen and oxygen atoms in total. The average Bonchev–Trinajstić information content (AvgIpc) is 3.24. The van der Waals surface area contributed by atoms with Crippen molar-refractivity contribution in [1.82, 2.24) is 0 Å². The fourth-order valence-electron chi connectivity index (χ4n) is 8.87. The Morgan fingerprint density at radius 1 is 0.435 bits per heavy atom. The molecule has 2 aliphatic rings. The van der Waals surface area contributed by atoms with Gasteiger partial charge in [-0.1, -0.05) is 139 Å². The summed E-state index contributed by atoms with van der Waals surface area (Å²) in [5, 5.41) is 10.2. The van der Waals surface area contributed by atoms with Crippen molar-refractivity contribution in [3.05, 3.63) is 115 Å². The van der Waals surface area contributed by atoms with Gasteiger partial charge in [-0.15, -0.1) is 0 Å². The van der Waals surface area contributed by atoms with Gasteiger partial charge in [0.2, 0.25) is 0 Å². The molecule has 378 valence electrons. The number of carboxylic acid groups (broad SMARTS) is 1. The number of carboxylic acids is 1. The van der Waals surface area contributed by atoms with Crippen LogP contribution >= 0.6 is 0 Å². The van der Waals surface area contributed by atoms with Gasteiger partial charge in [-0.05, 0) is 94.8 Å². The maximum atomic E-state index is 12.4. The van der Waals surface area contributed by atoms with Gasteiger partial charge in [0.15, 0.2) is 6.61 Å². The van der Waals surface area contributed by atoms with Gasteiger partial charge < -0.3 is 43.0 Å². The Labute approximate surface area is 413 Å². The first kappa shape index (κ1) is 53.7. The summed E-state index contributed by atoms with van der Waals surface area (Å²) < 4.78 is 51.1. The predicted molar refractivity (Wildman–Crippen MR) is 275 cm³/mol. The van der Waals surface area contributed by atoms with Crippen molar-refractivity contribution in [2.75, 3.05) is 79.3 Å². The molecule has 1 aliphatic heterocycles. The molecule has 4 aromatic rings. The van der Waals surface area contributed by atoms with Crippen molar-refractivity contribution in [3.63, 3.8) is 0 Å². The van der Waals surface area contributed by atoms with Crippen molar-refractivity contribution in [3.8, 4) is 23.0 Å². The molecule has 0 radical (unpaired) electrons. The van der Waals surface area contributed by atoms with Crippen LogP contribution in [0.4, 0.5) is 0 Å². The second-order valence-electron chi connectivity index (χ2n) is 22.9. The minimum absolute atomic E-state index is 0.186. The van der Waals surface area contributed by atoms with Gasteiger partial charge in [-0.25, -0.2) is 4.79 Å². The Morgan fingerprint density at radius 3 is 0.986 bits per heavy atom. The van der Waals surface area contributed by atoms with Crippen LogP contribution in [0.25, 0.3) is 0 Å². The number of fused-ring (bicyclic) bond motifs is 4. The predicted octanol–water partition coefficient (Wildman–Crippen LogP) is 11.6. The first-order valence-corrected chi connectivity index (χ1v) is 25.2. The minimum atomic E-state index is -1.04. The molecule has 6 rings (SSSR count). The maximum absolute atomic E-state index is 12.4. The first-order chi connectivity index (χ1) is 32.5. The van der Waals surface area contributed by atoms with Gasteiger partial charge in [0, 0.05) is 25.7 Å². The van der Waals surface area contributed by atoms with Gasteiger partial charge in [-0.3, -0.25) is 0 Å². The second-order valence-corrected chi connectivity index (χ2v) is 22.9. The minimum Gasteiger partial charge on any atom is -0.493 e. The van der Waals surface area contributed by atoms with Crippen LogP contribution in [0.1, 0.15) is 163 Å². The number of hydrogen-bond donors (Lipinski definition) is 1. The third-order valence-electron chi connectivity index (χ3n) is 12.8. The molecule has 0 fully saturated rings. The largest absolute Gasteiger partial charge is 0.493 e. The van der Waals surface area contributed by atoms with Crippen molar-refractivity contribution in [1.29, 1.82) is 0 Å². The molecule has 1 aliphatic carbocycles. The maximum Gasteiger partial charge on any atom is 0.341 e. The van der Waals surface area contributed by atoms with Crippen molar-refractivity contribution in [2.24, 2.45) is 0 Å². The second kappa shape index (κ2) is 23.1. The zero-order chi connectivity index (χ0) is 50.1. The van der Waals surface area contributed by atoms with Crippen molar-refractivity contribution in [2.45, 2.75) is 144 Å². The fraction of sp³-hybridized carbons (Fsp3) is 0.576. The molecule has 0 spiro atoms. The van der Waals surface area contributed by atoms with Crippen LogP contribution in [0, 0.1) is 0 Å². The van der Waals surface area contributed by atoms with E-state index in [1.807, 2.05) is 0 Å². The molecule has 10 heteroatoms. The summed E-state index contributed by atoms with van der Waals surface area (Å²) in [6, 6.07) is 18.3. The van der Waals surface area contributed by atoms with Crippen LogP contribution in [0.2, 0.25) is 0 Å². The number of aliphatic carboxylic acids is 1. The highest BCUT2D eigenvalue weighted by Gasteiger charge is 2.30. The van der Waals surface area contributed by atoms with Crippen molar-refractivity contribution < 1.29 is 47.8 Å². The summed E-state index contributed by atoms with van der Waals surface area (Å²) in [6.07, 6.45) is 2.78. The van der Waals surface area contributed by atoms with E-state index in [4.69, 9.17) is 37.9 Å². The van der Waals surface area contributed by atoms with Crippen LogP contribution in [-0.2, 0) is 71.1 Å². The number of benzene rings is 4. The number of carbonyl (C=O) groups is 1. The molecule has 0 saturated heterocycles. The molecule has 4 aromatic carbocycles. The number of hydrogen-bond acceptors (Lipinski definition) is 9. The highest BCUT2D eigenvalue weighted by atomic mass is 16.6. The lowest BCUT2D eigenvalue weighted by Gasteiger charge is -2.29. The summed E-state index contributed by atoms with van der Waals surface area (Å²) >= 11 is 0. The Hall–Kier alpha value is -4.61. The van der Waals surface area contributed by atoms with Crippen LogP contribution in [-0.4, -0.2) is 90.4 Å². The molecule has 0 atom stereocenters. The Morgan fingerprint density at radius 2 is 0.696 bits per heavy atom. The molecule has 0 aromatic heterocycles. The summed E-state index contributed by atoms with van der Waals surface area (Å²) in [7, 11) is 0. The molecule has 69 heavy (non-hydrogen) atoms. The van der Waals surface area contributed by atoms with E-state index < -0.39 is 12.6 Å². The van der Waals surface area contributed by atoms with Crippen molar-refractivity contribution >= 4 is 5.97 Å². The molecule has 0 amide bonds. The van der Waals surface area contributed by atoms with Crippen LogP contribution in [0.3, 0.4) is 0 Å². The third kappa shape index (κ3) is 14.7. The van der Waals surface area contributed by atoms with E-state index in [1.165, 1.54) is 11.1 Å². The normalized spacial score (nSPS) is 16.2. The molecule has 10 bridgehead atoms. The number of ether oxygens (including phenoxy) is 8. The van der Waals surface area contributed by atoms with E-state index in [0.717, 1.165) is 79.3 Å². The van der Waals surface area contributed by atoms with E-state index in [2.05, 4.69) is 139 Å². The first-order valence-electron chi connectivity index (χ1n) is 25.2. The number of rotatable bonds is 6. The highest BCUT2D eigenvalue weighted by molar-refractivity contribution is 5.69. The smallest absolute Gasteiger partial charge is 0.341 e. The average molecular weight is 951 g/mol. The van der Waals surface area contributed by atoms with Gasteiger partial charge in [0.25, 0.3) is 0 Å². The standard InChI is InChI=1S/C59H82O10/c1-14-15-66-52-39-26-41-32-48(57(5,6)7)33-42-27-43-34-49(58(8,9)10)35-44(54(43)68-25-23-65-21-19-63-17-16-62-18-20-64-22-24-67-53(41)42)29-46-37-50(59(11,12)13)36-45(55(46)69-38-51(60)61)28-40(52)31-47(30-39)56(2,3)4/h30-37H,14-29,38H2,1-13H3,(H,60,61). The summed E-state index contributed by atoms with van der Waals surface area (Å²) in [6.45, 7) is 33.3. The SMILES string of the molecule is CCCOc1c2cc(C(C)(C)C)cc1Cc1cc(C(C)(C)C)cc(c1OCC(=O)O)Cc1cc(C(C)(C)C)cc3c1OCCOCCOCCOCCOCCOc1c(cc(C(C)(C)C)cc1C3)C2. The lowest BCUT2D eigenvalue weighted by Crippen LogP contribution is -2.19. The van der Waals surface area contributed by atoms with E-state index in [1.54, 1.807) is 0 Å². The molecule has 0 unspecified atom stereocenters. The van der Waals surface area contributed by atoms with Crippen LogP contribution in [0.5, 0.6) is 23.0 Å². The Kier molecular flexibility index (Phi) is 18.0. The van der Waals surface area contributed by atoms with Crippen LogP contribution < -0.4 is 18.9 Å². The quantitative estimate of drug-likeness (QED) is 0.177. The highest BCUT2D eigenvalue weighted by Crippen LogP contribution is 2.44. The van der Waals surface area contributed by atoms with Crippen LogP contribution in [0.15, 0.2) is 48.5 Å². The van der Waals surface area contributed by atoms with E-state index in [9.17, 15) is 9.90 Å². The molecule has 0 saturated carbocycles. The Bertz CT molecular complexity index is 2370. The molecular formula is C59H82O10. The van der Waals surface area contributed by atoms with E-state index in [0.29, 0.717) is 104 Å². The zero-order valence-electron chi connectivity index (χ0n) is 44.3. The molecular weight excluding hydrogens is 869 g/mol. The fourth-order valence-corrected chi connectivity index (χ4v) is 8.87. The Balaban J connectivity index is 1.74. The van der Waals surface area contributed by atoms with E-state index in [-0.39, 0.29) is 21.7 Å². The summed E-state index contributed by atoms with van der Waals surface area (Å²) in [4.78, 5) is 12.4. The molecule has 1 N–H and O–H groups in total. The molecule has 1 heterocycles. The lowest BCUT2D eigenvalue weighted by atomic mass is 9.79. The zero-order valence-corrected chi connectivity index (χ0v) is 44.3. The van der Waals surface area contributed by atoms with Gasteiger partial charge in [0.1, 0.15) is 36.2 Å². The monoisotopic (exact) mass is 951 g/mol. The summed E-state index contributed by atoms with van der Waals surface area (Å²) in [5.74, 6) is 1.99. The van der Waals surface area contributed by atoms with Gasteiger partial charge in [-0.2, -0.15) is 0 Å². The van der Waals surface area contributed by atoms with E-state index >= 15 is 0 Å². The topological polar surface area (TPSA) is 111 Å².